The summed E-state index contributed by atoms with van der Waals surface area (Å²) < 4.78 is 64.4. The van der Waals surface area contributed by atoms with Crippen LogP contribution in [0.4, 0.5) is 27.6 Å². The van der Waals surface area contributed by atoms with E-state index in [1.807, 2.05) is 0 Å². The molecule has 0 radical (unpaired) electrons. The number of nitrogens with one attached hydrogen (secondary N) is 1. The number of anilines is 1. The van der Waals surface area contributed by atoms with Crippen molar-refractivity contribution in [2.45, 2.75) is 19.5 Å². The molecule has 0 unspecified atom stereocenters. The molecule has 1 N–H and O–H groups in total. The molecule has 0 fully saturated rings. The number of hydrogen-bond acceptors (Lipinski definition) is 3. The third-order valence-corrected chi connectivity index (χ3v) is 4.86. The Hall–Kier alpha value is -2.81. The zero-order valence-electron chi connectivity index (χ0n) is 14.3. The van der Waals surface area contributed by atoms with Crippen molar-refractivity contribution in [1.82, 2.24) is 4.98 Å². The molecule has 0 aliphatic rings. The van der Waals surface area contributed by atoms with Gasteiger partial charge in [0.15, 0.2) is 0 Å². The maximum absolute atomic E-state index is 13.1. The van der Waals surface area contributed by atoms with E-state index >= 15 is 0 Å². The second kappa shape index (κ2) is 7.67. The molecule has 0 saturated carbocycles. The SMILES string of the molecule is Cc1nc(C(F)F)c(C(=O)Nc2ccccc2-c2ccc(C(F)(F)F)cc2)s1. The number of alkyl halides is 5. The molecule has 1 amide bonds. The lowest BCUT2D eigenvalue weighted by Gasteiger charge is -2.12. The first-order valence-corrected chi connectivity index (χ1v) is 8.82. The largest absolute Gasteiger partial charge is 0.416 e. The van der Waals surface area contributed by atoms with Crippen LogP contribution < -0.4 is 5.32 Å². The van der Waals surface area contributed by atoms with E-state index in [1.165, 1.54) is 19.1 Å². The minimum Gasteiger partial charge on any atom is -0.321 e. The number of carbonyl (C=O) groups is 1. The zero-order chi connectivity index (χ0) is 20.5. The Bertz CT molecular complexity index is 996. The van der Waals surface area contributed by atoms with Gasteiger partial charge in [0.2, 0.25) is 0 Å². The topological polar surface area (TPSA) is 42.0 Å². The summed E-state index contributed by atoms with van der Waals surface area (Å²) in [5.74, 6) is -0.750. The maximum atomic E-state index is 13.1. The summed E-state index contributed by atoms with van der Waals surface area (Å²) in [5, 5.41) is 2.88. The number of carbonyl (C=O) groups excluding carboxylic acids is 1. The molecule has 28 heavy (non-hydrogen) atoms. The molecule has 2 aromatic carbocycles. The van der Waals surface area contributed by atoms with E-state index in [9.17, 15) is 26.7 Å². The van der Waals surface area contributed by atoms with Gasteiger partial charge in [0.25, 0.3) is 12.3 Å². The Morgan fingerprint density at radius 3 is 2.32 bits per heavy atom. The van der Waals surface area contributed by atoms with Crippen LogP contribution in [0.3, 0.4) is 0 Å². The van der Waals surface area contributed by atoms with Crippen molar-refractivity contribution in [2.75, 3.05) is 5.32 Å². The van der Waals surface area contributed by atoms with Crippen LogP contribution in [0.15, 0.2) is 48.5 Å². The van der Waals surface area contributed by atoms with Gasteiger partial charge in [-0.2, -0.15) is 13.2 Å². The van der Waals surface area contributed by atoms with Crippen LogP contribution in [0, 0.1) is 6.92 Å². The first kappa shape index (κ1) is 19.9. The van der Waals surface area contributed by atoms with Crippen molar-refractivity contribution in [3.05, 3.63) is 69.7 Å². The maximum Gasteiger partial charge on any atom is 0.416 e. The summed E-state index contributed by atoms with van der Waals surface area (Å²) in [6.07, 6.45) is -7.35. The molecule has 0 atom stereocenters. The molecular formula is C19H13F5N2OS. The van der Waals surface area contributed by atoms with E-state index in [4.69, 9.17) is 0 Å². The second-order valence-corrected chi connectivity index (χ2v) is 7.03. The van der Waals surface area contributed by atoms with Gasteiger partial charge in [-0.3, -0.25) is 4.79 Å². The van der Waals surface area contributed by atoms with Crippen LogP contribution in [-0.4, -0.2) is 10.9 Å². The molecule has 146 valence electrons. The monoisotopic (exact) mass is 412 g/mol. The quantitative estimate of drug-likeness (QED) is 0.509. The minimum absolute atomic E-state index is 0.199. The first-order valence-electron chi connectivity index (χ1n) is 8.00. The molecule has 1 aromatic heterocycles. The summed E-state index contributed by atoms with van der Waals surface area (Å²) in [6.45, 7) is 1.52. The summed E-state index contributed by atoms with van der Waals surface area (Å²) in [7, 11) is 0. The molecule has 0 bridgehead atoms. The Balaban J connectivity index is 1.92. The highest BCUT2D eigenvalue weighted by atomic mass is 32.1. The van der Waals surface area contributed by atoms with Gasteiger partial charge in [-0.05, 0) is 30.7 Å². The summed E-state index contributed by atoms with van der Waals surface area (Å²) in [6, 6.07) is 10.9. The minimum atomic E-state index is -4.46. The van der Waals surface area contributed by atoms with E-state index in [0.717, 1.165) is 23.5 Å². The fourth-order valence-corrected chi connectivity index (χ4v) is 3.44. The zero-order valence-corrected chi connectivity index (χ0v) is 15.2. The number of aryl methyl sites for hydroxylation is 1. The lowest BCUT2D eigenvalue weighted by molar-refractivity contribution is -0.137. The fraction of sp³-hybridized carbons (Fsp3) is 0.158. The Kier molecular flexibility index (Phi) is 5.46. The van der Waals surface area contributed by atoms with Crippen molar-refractivity contribution in [3.8, 4) is 11.1 Å². The molecule has 3 aromatic rings. The van der Waals surface area contributed by atoms with Gasteiger partial charge >= 0.3 is 6.18 Å². The van der Waals surface area contributed by atoms with Gasteiger partial charge in [-0.1, -0.05) is 30.3 Å². The summed E-state index contributed by atoms with van der Waals surface area (Å²) in [5.41, 5.74) is -0.187. The van der Waals surface area contributed by atoms with E-state index in [1.54, 1.807) is 24.3 Å². The number of halogens is 5. The van der Waals surface area contributed by atoms with Crippen LogP contribution in [-0.2, 0) is 6.18 Å². The average molecular weight is 412 g/mol. The van der Waals surface area contributed by atoms with Gasteiger partial charge in [0, 0.05) is 11.3 Å². The number of hydrogen-bond donors (Lipinski definition) is 1. The van der Waals surface area contributed by atoms with Crippen molar-refractivity contribution in [3.63, 3.8) is 0 Å². The normalized spacial score (nSPS) is 11.7. The van der Waals surface area contributed by atoms with Gasteiger partial charge in [-0.15, -0.1) is 11.3 Å². The van der Waals surface area contributed by atoms with E-state index in [0.29, 0.717) is 21.8 Å². The van der Waals surface area contributed by atoms with E-state index in [2.05, 4.69) is 10.3 Å². The number of rotatable bonds is 4. The molecule has 3 nitrogen and oxygen atoms in total. The summed E-state index contributed by atoms with van der Waals surface area (Å²) in [4.78, 5) is 16.0. The highest BCUT2D eigenvalue weighted by Crippen LogP contribution is 2.34. The molecule has 1 heterocycles. The Morgan fingerprint density at radius 1 is 1.07 bits per heavy atom. The number of amides is 1. The summed E-state index contributed by atoms with van der Waals surface area (Å²) >= 11 is 0.848. The molecule has 0 saturated heterocycles. The number of para-hydroxylation sites is 1. The number of benzene rings is 2. The molecule has 9 heteroatoms. The Labute approximate surface area is 160 Å². The van der Waals surface area contributed by atoms with Crippen LogP contribution in [0.2, 0.25) is 0 Å². The van der Waals surface area contributed by atoms with Crippen molar-refractivity contribution >= 4 is 22.9 Å². The standard InChI is InChI=1S/C19H13F5N2OS/c1-10-25-15(17(20)21)16(28-10)18(27)26-14-5-3-2-4-13(14)11-6-8-12(9-7-11)19(22,23)24/h2-9,17H,1H3,(H,26,27). The van der Waals surface area contributed by atoms with Crippen molar-refractivity contribution in [2.24, 2.45) is 0 Å². The highest BCUT2D eigenvalue weighted by molar-refractivity contribution is 7.13. The lowest BCUT2D eigenvalue weighted by Crippen LogP contribution is -2.13. The molecule has 3 rings (SSSR count). The highest BCUT2D eigenvalue weighted by Gasteiger charge is 2.30. The second-order valence-electron chi connectivity index (χ2n) is 5.82. The molecule has 0 aliphatic carbocycles. The van der Waals surface area contributed by atoms with Crippen molar-refractivity contribution < 1.29 is 26.7 Å². The van der Waals surface area contributed by atoms with Gasteiger partial charge in [0.1, 0.15) is 10.6 Å². The molecule has 0 spiro atoms. The van der Waals surface area contributed by atoms with E-state index < -0.39 is 29.8 Å². The number of nitrogens with zero attached hydrogens (tertiary/aromatic N) is 1. The fourth-order valence-electron chi connectivity index (χ4n) is 2.62. The predicted octanol–water partition coefficient (Wildman–Crippen LogP) is 6.33. The van der Waals surface area contributed by atoms with E-state index in [-0.39, 0.29) is 4.88 Å². The van der Waals surface area contributed by atoms with Crippen molar-refractivity contribution in [1.29, 1.82) is 0 Å². The van der Waals surface area contributed by atoms with Gasteiger partial charge in [0.05, 0.1) is 10.6 Å². The van der Waals surface area contributed by atoms with Crippen LogP contribution >= 0.6 is 11.3 Å². The number of thiazole rings is 1. The first-order chi connectivity index (χ1) is 13.2. The van der Waals surface area contributed by atoms with Gasteiger partial charge < -0.3 is 5.32 Å². The van der Waals surface area contributed by atoms with Crippen LogP contribution in [0.1, 0.15) is 32.4 Å². The van der Waals surface area contributed by atoms with Crippen LogP contribution in [0.25, 0.3) is 11.1 Å². The van der Waals surface area contributed by atoms with Crippen LogP contribution in [0.5, 0.6) is 0 Å². The Morgan fingerprint density at radius 2 is 1.71 bits per heavy atom. The lowest BCUT2D eigenvalue weighted by atomic mass is 10.0. The third kappa shape index (κ3) is 4.19. The third-order valence-electron chi connectivity index (χ3n) is 3.87. The van der Waals surface area contributed by atoms with Gasteiger partial charge in [-0.25, -0.2) is 13.8 Å². The number of aromatic nitrogens is 1. The average Bonchev–Trinajstić information content (AvgIpc) is 3.04. The molecule has 0 aliphatic heterocycles. The predicted molar refractivity (Wildman–Crippen MR) is 96.6 cm³/mol. The smallest absolute Gasteiger partial charge is 0.321 e. The molecular weight excluding hydrogens is 399 g/mol.